The summed E-state index contributed by atoms with van der Waals surface area (Å²) >= 11 is 0. The molecule has 0 saturated heterocycles. The lowest BCUT2D eigenvalue weighted by molar-refractivity contribution is -0.141. The molecule has 0 aromatic heterocycles. The summed E-state index contributed by atoms with van der Waals surface area (Å²) in [6.07, 6.45) is 2.31. The maximum Gasteiger partial charge on any atom is 0.317 e. The van der Waals surface area contributed by atoms with E-state index in [1.54, 1.807) is 0 Å². The van der Waals surface area contributed by atoms with Crippen molar-refractivity contribution >= 4 is 17.9 Å². The first kappa shape index (κ1) is 15.3. The number of carbonyl (C=O) groups is 3. The van der Waals surface area contributed by atoms with E-state index in [-0.39, 0.29) is 31.4 Å². The van der Waals surface area contributed by atoms with Crippen LogP contribution in [0.25, 0.3) is 0 Å². The van der Waals surface area contributed by atoms with E-state index in [9.17, 15) is 14.4 Å². The minimum Gasteiger partial charge on any atom is -0.481 e. The van der Waals surface area contributed by atoms with Crippen LogP contribution in [0.15, 0.2) is 0 Å². The van der Waals surface area contributed by atoms with Crippen LogP contribution < -0.4 is 10.6 Å². The molecule has 0 aromatic carbocycles. The van der Waals surface area contributed by atoms with Crippen molar-refractivity contribution in [2.75, 3.05) is 20.1 Å². The fourth-order valence-electron chi connectivity index (χ4n) is 1.52. The number of nitrogens with zero attached hydrogens (tertiary/aromatic N) is 1. The topological polar surface area (TPSA) is 98.7 Å². The molecule has 0 bridgehead atoms. The van der Waals surface area contributed by atoms with Gasteiger partial charge in [-0.3, -0.25) is 9.59 Å². The molecule has 3 N–H and O–H groups in total. The summed E-state index contributed by atoms with van der Waals surface area (Å²) in [5, 5.41) is 14.1. The molecule has 0 aliphatic heterocycles. The highest BCUT2D eigenvalue weighted by Crippen LogP contribution is 2.18. The van der Waals surface area contributed by atoms with Gasteiger partial charge in [0.15, 0.2) is 0 Å². The van der Waals surface area contributed by atoms with Crippen LogP contribution in [0.5, 0.6) is 0 Å². The number of carbonyl (C=O) groups excluding carboxylic acids is 2. The zero-order valence-corrected chi connectivity index (χ0v) is 11.3. The highest BCUT2D eigenvalue weighted by molar-refractivity contribution is 5.79. The van der Waals surface area contributed by atoms with Gasteiger partial charge in [0, 0.05) is 32.6 Å². The first-order valence-electron chi connectivity index (χ1n) is 6.41. The van der Waals surface area contributed by atoms with E-state index < -0.39 is 11.9 Å². The lowest BCUT2D eigenvalue weighted by Crippen LogP contribution is -2.42. The van der Waals surface area contributed by atoms with Crippen molar-refractivity contribution in [3.63, 3.8) is 0 Å². The molecule has 0 radical (unpaired) electrons. The van der Waals surface area contributed by atoms with Gasteiger partial charge in [-0.25, -0.2) is 4.79 Å². The summed E-state index contributed by atoms with van der Waals surface area (Å²) in [5.74, 6) is -1.62. The molecule has 108 valence electrons. The number of aliphatic carboxylic acids is 1. The molecule has 0 aromatic rings. The number of amides is 3. The van der Waals surface area contributed by atoms with Gasteiger partial charge < -0.3 is 20.6 Å². The monoisotopic (exact) mass is 271 g/mol. The zero-order chi connectivity index (χ0) is 14.4. The van der Waals surface area contributed by atoms with Crippen LogP contribution in [0.3, 0.4) is 0 Å². The smallest absolute Gasteiger partial charge is 0.317 e. The Balaban J connectivity index is 2.14. The van der Waals surface area contributed by atoms with Gasteiger partial charge in [0.1, 0.15) is 0 Å². The van der Waals surface area contributed by atoms with Crippen molar-refractivity contribution in [3.8, 4) is 0 Å². The largest absolute Gasteiger partial charge is 0.481 e. The Morgan fingerprint density at radius 1 is 1.37 bits per heavy atom. The van der Waals surface area contributed by atoms with Crippen molar-refractivity contribution in [2.24, 2.45) is 5.92 Å². The maximum absolute atomic E-state index is 11.6. The van der Waals surface area contributed by atoms with Crippen molar-refractivity contribution < 1.29 is 19.5 Å². The van der Waals surface area contributed by atoms with Crippen LogP contribution in [0.4, 0.5) is 4.79 Å². The molecule has 1 saturated carbocycles. The van der Waals surface area contributed by atoms with Gasteiger partial charge in [-0.15, -0.1) is 0 Å². The van der Waals surface area contributed by atoms with Crippen molar-refractivity contribution in [1.82, 2.24) is 15.5 Å². The van der Waals surface area contributed by atoms with Crippen LogP contribution in [0.2, 0.25) is 0 Å². The fraction of sp³-hybridized carbons (Fsp3) is 0.750. The molecule has 0 heterocycles. The molecule has 0 spiro atoms. The van der Waals surface area contributed by atoms with Crippen molar-refractivity contribution in [1.29, 1.82) is 0 Å². The quantitative estimate of drug-likeness (QED) is 0.607. The van der Waals surface area contributed by atoms with Gasteiger partial charge in [-0.05, 0) is 12.8 Å². The normalized spacial score (nSPS) is 15.5. The minimum absolute atomic E-state index is 0.0654. The van der Waals surface area contributed by atoms with Crippen LogP contribution >= 0.6 is 0 Å². The predicted molar refractivity (Wildman–Crippen MR) is 68.6 cm³/mol. The third kappa shape index (κ3) is 6.08. The standard InChI is InChI=1S/C12H21N3O4/c1-8(11(17)18)7-15(2)12(19)13-6-5-10(16)14-9-3-4-9/h8-9H,3-7H2,1-2H3,(H,13,19)(H,14,16)(H,17,18). The predicted octanol–water partition coefficient (Wildman–Crippen LogP) is 0.0172. The van der Waals surface area contributed by atoms with Crippen LogP contribution in [-0.4, -0.2) is 54.1 Å². The first-order chi connectivity index (χ1) is 8.90. The Morgan fingerprint density at radius 2 is 2.00 bits per heavy atom. The molecular weight excluding hydrogens is 250 g/mol. The zero-order valence-electron chi connectivity index (χ0n) is 11.3. The number of hydrogen-bond donors (Lipinski definition) is 3. The second kappa shape index (κ2) is 6.96. The highest BCUT2D eigenvalue weighted by atomic mass is 16.4. The Morgan fingerprint density at radius 3 is 2.53 bits per heavy atom. The summed E-state index contributed by atoms with van der Waals surface area (Å²) in [5.41, 5.74) is 0. The number of rotatable bonds is 7. The number of carboxylic acid groups (broad SMARTS) is 1. The Bertz CT molecular complexity index is 355. The van der Waals surface area contributed by atoms with Crippen molar-refractivity contribution in [3.05, 3.63) is 0 Å². The van der Waals surface area contributed by atoms with E-state index in [2.05, 4.69) is 10.6 Å². The molecular formula is C12H21N3O4. The molecule has 7 nitrogen and oxygen atoms in total. The third-order valence-electron chi connectivity index (χ3n) is 2.89. The average molecular weight is 271 g/mol. The van der Waals surface area contributed by atoms with E-state index in [1.807, 2.05) is 0 Å². The molecule has 3 amide bonds. The SMILES string of the molecule is CC(CN(C)C(=O)NCCC(=O)NC1CC1)C(=O)O. The van der Waals surface area contributed by atoms with Gasteiger partial charge >= 0.3 is 12.0 Å². The van der Waals surface area contributed by atoms with Gasteiger partial charge in [-0.1, -0.05) is 6.92 Å². The van der Waals surface area contributed by atoms with E-state index >= 15 is 0 Å². The van der Waals surface area contributed by atoms with Gasteiger partial charge in [0.05, 0.1) is 5.92 Å². The molecule has 1 aliphatic carbocycles. The van der Waals surface area contributed by atoms with E-state index in [4.69, 9.17) is 5.11 Å². The lowest BCUT2D eigenvalue weighted by atomic mass is 10.2. The Kier molecular flexibility index (Phi) is 5.59. The second-order valence-electron chi connectivity index (χ2n) is 4.94. The van der Waals surface area contributed by atoms with E-state index in [1.165, 1.54) is 18.9 Å². The van der Waals surface area contributed by atoms with Crippen molar-refractivity contribution in [2.45, 2.75) is 32.2 Å². The summed E-state index contributed by atoms with van der Waals surface area (Å²) < 4.78 is 0. The van der Waals surface area contributed by atoms with Gasteiger partial charge in [0.25, 0.3) is 0 Å². The molecule has 19 heavy (non-hydrogen) atoms. The first-order valence-corrected chi connectivity index (χ1v) is 6.41. The van der Waals surface area contributed by atoms with E-state index in [0.29, 0.717) is 6.04 Å². The maximum atomic E-state index is 11.6. The molecule has 1 aliphatic rings. The van der Waals surface area contributed by atoms with Gasteiger partial charge in [-0.2, -0.15) is 0 Å². The minimum atomic E-state index is -0.941. The second-order valence-corrected chi connectivity index (χ2v) is 4.94. The van der Waals surface area contributed by atoms with Crippen LogP contribution in [0, 0.1) is 5.92 Å². The summed E-state index contributed by atoms with van der Waals surface area (Å²) in [4.78, 5) is 34.9. The summed E-state index contributed by atoms with van der Waals surface area (Å²) in [6, 6.07) is -0.0467. The van der Waals surface area contributed by atoms with Gasteiger partial charge in [0.2, 0.25) is 5.91 Å². The number of urea groups is 1. The third-order valence-corrected chi connectivity index (χ3v) is 2.89. The average Bonchev–Trinajstić information content (AvgIpc) is 3.12. The number of carboxylic acids is 1. The molecule has 1 atom stereocenters. The lowest BCUT2D eigenvalue weighted by Gasteiger charge is -2.19. The summed E-state index contributed by atoms with van der Waals surface area (Å²) in [6.45, 7) is 1.92. The number of nitrogens with one attached hydrogen (secondary N) is 2. The summed E-state index contributed by atoms with van der Waals surface area (Å²) in [7, 11) is 1.53. The fourth-order valence-corrected chi connectivity index (χ4v) is 1.52. The number of hydrogen-bond acceptors (Lipinski definition) is 3. The van der Waals surface area contributed by atoms with E-state index in [0.717, 1.165) is 12.8 Å². The Labute approximate surface area is 112 Å². The molecule has 1 unspecified atom stereocenters. The highest BCUT2D eigenvalue weighted by Gasteiger charge is 2.23. The van der Waals surface area contributed by atoms with Crippen LogP contribution in [0.1, 0.15) is 26.2 Å². The molecule has 1 rings (SSSR count). The molecule has 1 fully saturated rings. The Hall–Kier alpha value is -1.79. The molecule has 7 heteroatoms. The van der Waals surface area contributed by atoms with Crippen LogP contribution in [-0.2, 0) is 9.59 Å².